The third-order valence-electron chi connectivity index (χ3n) is 4.03. The summed E-state index contributed by atoms with van der Waals surface area (Å²) in [5.74, 6) is 2.47. The molecule has 0 unspecified atom stereocenters. The fraction of sp³-hybridized carbons (Fsp3) is 0.409. The van der Waals surface area contributed by atoms with Gasteiger partial charge in [-0.3, -0.25) is 4.99 Å². The minimum atomic E-state index is 0. The van der Waals surface area contributed by atoms with Crippen molar-refractivity contribution >= 4 is 29.9 Å². The number of aliphatic imine (C=N–C) groups is 1. The molecule has 160 valence electrons. The lowest BCUT2D eigenvalue weighted by atomic mass is 10.2. The van der Waals surface area contributed by atoms with Crippen molar-refractivity contribution in [2.75, 3.05) is 40.5 Å². The number of methoxy groups -OCH3 is 1. The van der Waals surface area contributed by atoms with E-state index in [4.69, 9.17) is 14.2 Å². The Morgan fingerprint density at radius 1 is 0.931 bits per heavy atom. The molecule has 2 rings (SSSR count). The molecule has 0 radical (unpaired) electrons. The molecule has 0 amide bonds. The molecule has 0 spiro atoms. The zero-order valence-corrected chi connectivity index (χ0v) is 19.8. The Morgan fingerprint density at radius 2 is 1.69 bits per heavy atom. The first-order valence-corrected chi connectivity index (χ1v) is 9.56. The number of ether oxygens (including phenoxy) is 3. The van der Waals surface area contributed by atoms with Crippen LogP contribution in [0.4, 0.5) is 0 Å². The van der Waals surface area contributed by atoms with E-state index in [2.05, 4.69) is 28.6 Å². The lowest BCUT2D eigenvalue weighted by Gasteiger charge is -2.13. The summed E-state index contributed by atoms with van der Waals surface area (Å²) < 4.78 is 16.5. The SMILES string of the molecule is CN=C(NCCOc1ccc(C)cc1)NCc1cccc(OCCCOC)c1.I. The molecule has 0 saturated carbocycles. The molecule has 0 aromatic heterocycles. The number of guanidine groups is 1. The van der Waals surface area contributed by atoms with Gasteiger partial charge in [0, 0.05) is 33.7 Å². The van der Waals surface area contributed by atoms with Crippen molar-refractivity contribution < 1.29 is 14.2 Å². The largest absolute Gasteiger partial charge is 0.493 e. The van der Waals surface area contributed by atoms with E-state index in [9.17, 15) is 0 Å². The highest BCUT2D eigenvalue weighted by Crippen LogP contribution is 2.13. The van der Waals surface area contributed by atoms with Gasteiger partial charge < -0.3 is 24.8 Å². The first-order chi connectivity index (χ1) is 13.7. The van der Waals surface area contributed by atoms with Gasteiger partial charge in [0.25, 0.3) is 0 Å². The van der Waals surface area contributed by atoms with Crippen LogP contribution in [0.15, 0.2) is 53.5 Å². The van der Waals surface area contributed by atoms with Gasteiger partial charge >= 0.3 is 0 Å². The van der Waals surface area contributed by atoms with Crippen molar-refractivity contribution in [3.05, 3.63) is 59.7 Å². The smallest absolute Gasteiger partial charge is 0.191 e. The summed E-state index contributed by atoms with van der Waals surface area (Å²) in [5.41, 5.74) is 2.35. The summed E-state index contributed by atoms with van der Waals surface area (Å²) in [4.78, 5) is 4.25. The van der Waals surface area contributed by atoms with Crippen LogP contribution < -0.4 is 20.1 Å². The van der Waals surface area contributed by atoms with Gasteiger partial charge in [-0.15, -0.1) is 24.0 Å². The van der Waals surface area contributed by atoms with Crippen molar-refractivity contribution in [1.29, 1.82) is 0 Å². The molecule has 2 aromatic rings. The first kappa shape index (κ1) is 25.0. The van der Waals surface area contributed by atoms with Crippen molar-refractivity contribution in [3.63, 3.8) is 0 Å². The molecule has 0 atom stereocenters. The van der Waals surface area contributed by atoms with Gasteiger partial charge in [0.15, 0.2) is 5.96 Å². The molecule has 29 heavy (non-hydrogen) atoms. The second-order valence-electron chi connectivity index (χ2n) is 6.36. The third kappa shape index (κ3) is 10.4. The van der Waals surface area contributed by atoms with Crippen LogP contribution in [-0.4, -0.2) is 46.5 Å². The highest BCUT2D eigenvalue weighted by atomic mass is 127. The van der Waals surface area contributed by atoms with E-state index in [0.29, 0.717) is 32.9 Å². The average Bonchev–Trinajstić information content (AvgIpc) is 2.72. The Kier molecular flexibility index (Phi) is 12.9. The molecule has 0 aliphatic rings. The molecular weight excluding hydrogens is 481 g/mol. The molecule has 7 heteroatoms. The van der Waals surface area contributed by atoms with E-state index in [1.165, 1.54) is 5.56 Å². The maximum atomic E-state index is 5.74. The molecule has 6 nitrogen and oxygen atoms in total. The molecule has 0 bridgehead atoms. The summed E-state index contributed by atoms with van der Waals surface area (Å²) in [6.07, 6.45) is 0.875. The van der Waals surface area contributed by atoms with Crippen LogP contribution in [0.1, 0.15) is 17.5 Å². The number of hydrogen-bond donors (Lipinski definition) is 2. The predicted molar refractivity (Wildman–Crippen MR) is 129 cm³/mol. The summed E-state index contributed by atoms with van der Waals surface area (Å²) in [5, 5.41) is 6.56. The van der Waals surface area contributed by atoms with Crippen molar-refractivity contribution in [2.24, 2.45) is 4.99 Å². The molecule has 2 aromatic carbocycles. The topological polar surface area (TPSA) is 64.1 Å². The molecule has 0 fully saturated rings. The van der Waals surface area contributed by atoms with E-state index in [1.54, 1.807) is 14.2 Å². The van der Waals surface area contributed by atoms with Gasteiger partial charge in [-0.25, -0.2) is 0 Å². The van der Waals surface area contributed by atoms with E-state index in [1.807, 2.05) is 42.5 Å². The third-order valence-corrected chi connectivity index (χ3v) is 4.03. The van der Waals surface area contributed by atoms with Crippen molar-refractivity contribution in [1.82, 2.24) is 10.6 Å². The van der Waals surface area contributed by atoms with Crippen LogP contribution in [0.25, 0.3) is 0 Å². The maximum absolute atomic E-state index is 5.74. The van der Waals surface area contributed by atoms with E-state index in [-0.39, 0.29) is 24.0 Å². The summed E-state index contributed by atoms with van der Waals surface area (Å²) >= 11 is 0. The normalized spacial score (nSPS) is 10.8. The second kappa shape index (κ2) is 14.9. The zero-order valence-electron chi connectivity index (χ0n) is 17.4. The predicted octanol–water partition coefficient (Wildman–Crippen LogP) is 3.77. The quantitative estimate of drug-likeness (QED) is 0.207. The Morgan fingerprint density at radius 3 is 2.41 bits per heavy atom. The fourth-order valence-corrected chi connectivity index (χ4v) is 2.52. The van der Waals surface area contributed by atoms with Gasteiger partial charge in [-0.2, -0.15) is 0 Å². The monoisotopic (exact) mass is 513 g/mol. The van der Waals surface area contributed by atoms with Crippen LogP contribution >= 0.6 is 24.0 Å². The molecule has 0 saturated heterocycles. The number of benzene rings is 2. The summed E-state index contributed by atoms with van der Waals surface area (Å²) in [7, 11) is 3.45. The van der Waals surface area contributed by atoms with Crippen molar-refractivity contribution in [3.8, 4) is 11.5 Å². The lowest BCUT2D eigenvalue weighted by Crippen LogP contribution is -2.38. The number of halogens is 1. The van der Waals surface area contributed by atoms with Gasteiger partial charge in [-0.1, -0.05) is 29.8 Å². The Bertz CT molecular complexity index is 723. The maximum Gasteiger partial charge on any atom is 0.191 e. The standard InChI is InChI=1S/C22H31N3O3.HI/c1-18-8-10-20(11-9-18)28-15-12-24-22(23-2)25-17-19-6-4-7-21(16-19)27-14-5-13-26-3;/h4,6-11,16H,5,12-15,17H2,1-3H3,(H2,23,24,25);1H. The summed E-state index contributed by atoms with van der Waals surface area (Å²) in [6, 6.07) is 16.1. The number of nitrogens with zero attached hydrogens (tertiary/aromatic N) is 1. The number of hydrogen-bond acceptors (Lipinski definition) is 4. The molecule has 0 aliphatic carbocycles. The van der Waals surface area contributed by atoms with Crippen LogP contribution in [-0.2, 0) is 11.3 Å². The van der Waals surface area contributed by atoms with Gasteiger partial charge in [-0.05, 0) is 36.8 Å². The number of rotatable bonds is 11. The summed E-state index contributed by atoms with van der Waals surface area (Å²) in [6.45, 7) is 5.30. The molecule has 0 heterocycles. The van der Waals surface area contributed by atoms with E-state index < -0.39 is 0 Å². The highest BCUT2D eigenvalue weighted by molar-refractivity contribution is 14.0. The Balaban J connectivity index is 0.00000420. The molecule has 2 N–H and O–H groups in total. The van der Waals surface area contributed by atoms with E-state index >= 15 is 0 Å². The Labute approximate surface area is 191 Å². The van der Waals surface area contributed by atoms with Gasteiger partial charge in [0.2, 0.25) is 0 Å². The minimum Gasteiger partial charge on any atom is -0.493 e. The Hall–Kier alpha value is -2.00. The number of aryl methyl sites for hydroxylation is 1. The highest BCUT2D eigenvalue weighted by Gasteiger charge is 2.01. The second-order valence-corrected chi connectivity index (χ2v) is 6.36. The first-order valence-electron chi connectivity index (χ1n) is 9.56. The van der Waals surface area contributed by atoms with Crippen LogP contribution in [0.3, 0.4) is 0 Å². The van der Waals surface area contributed by atoms with Crippen LogP contribution in [0.5, 0.6) is 11.5 Å². The zero-order chi connectivity index (χ0) is 20.0. The molecular formula is C22H32IN3O3. The number of nitrogens with one attached hydrogen (secondary N) is 2. The lowest BCUT2D eigenvalue weighted by molar-refractivity contribution is 0.172. The fourth-order valence-electron chi connectivity index (χ4n) is 2.52. The minimum absolute atomic E-state index is 0. The van der Waals surface area contributed by atoms with E-state index in [0.717, 1.165) is 29.4 Å². The van der Waals surface area contributed by atoms with Gasteiger partial charge in [0.1, 0.15) is 18.1 Å². The average molecular weight is 513 g/mol. The molecule has 0 aliphatic heterocycles. The van der Waals surface area contributed by atoms with Crippen LogP contribution in [0, 0.1) is 6.92 Å². The van der Waals surface area contributed by atoms with Crippen LogP contribution in [0.2, 0.25) is 0 Å². The van der Waals surface area contributed by atoms with Gasteiger partial charge in [0.05, 0.1) is 13.2 Å². The van der Waals surface area contributed by atoms with Crippen molar-refractivity contribution in [2.45, 2.75) is 19.9 Å².